The number of nitrogens with zero attached hydrogens (tertiary/aromatic N) is 2. The molecule has 2 rings (SSSR count). The molecule has 0 bridgehead atoms. The molecule has 0 radical (unpaired) electrons. The highest BCUT2D eigenvalue weighted by Crippen LogP contribution is 2.14. The van der Waals surface area contributed by atoms with Crippen LogP contribution in [0.4, 0.5) is 0 Å². The van der Waals surface area contributed by atoms with Crippen molar-refractivity contribution >= 4 is 11.6 Å². The van der Waals surface area contributed by atoms with Crippen LogP contribution >= 0.6 is 0 Å². The number of hydrogen-bond acceptors (Lipinski definition) is 4. The molecule has 0 fully saturated rings. The van der Waals surface area contributed by atoms with Crippen molar-refractivity contribution in [3.63, 3.8) is 0 Å². The second kappa shape index (κ2) is 5.48. The van der Waals surface area contributed by atoms with Crippen LogP contribution in [0, 0.1) is 13.8 Å². The van der Waals surface area contributed by atoms with Crippen LogP contribution in [0.15, 0.2) is 40.1 Å². The second-order valence-corrected chi connectivity index (χ2v) is 4.20. The van der Waals surface area contributed by atoms with Crippen LogP contribution in [0.5, 0.6) is 0 Å². The first-order chi connectivity index (χ1) is 9.08. The third-order valence-electron chi connectivity index (χ3n) is 2.70. The summed E-state index contributed by atoms with van der Waals surface area (Å²) >= 11 is 0. The molecule has 2 aromatic heterocycles. The van der Waals surface area contributed by atoms with Crippen LogP contribution in [0.1, 0.15) is 34.4 Å². The molecule has 0 saturated heterocycles. The molecule has 0 saturated carbocycles. The lowest BCUT2D eigenvalue weighted by molar-refractivity contribution is 0.0954. The van der Waals surface area contributed by atoms with Crippen molar-refractivity contribution < 1.29 is 9.21 Å². The number of aromatic nitrogens is 1. The minimum absolute atomic E-state index is 0.264. The van der Waals surface area contributed by atoms with E-state index < -0.39 is 0 Å². The van der Waals surface area contributed by atoms with Gasteiger partial charge in [-0.15, -0.1) is 0 Å². The average molecular weight is 257 g/mol. The van der Waals surface area contributed by atoms with Gasteiger partial charge in [-0.05, 0) is 39.0 Å². The number of amides is 1. The predicted molar refractivity (Wildman–Crippen MR) is 72.1 cm³/mol. The lowest BCUT2D eigenvalue weighted by atomic mass is 10.2. The highest BCUT2D eigenvalue weighted by atomic mass is 16.3. The third kappa shape index (κ3) is 3.07. The summed E-state index contributed by atoms with van der Waals surface area (Å²) in [6.07, 6.45) is 3.13. The molecule has 0 aliphatic carbocycles. The Hall–Kier alpha value is -2.43. The van der Waals surface area contributed by atoms with E-state index in [9.17, 15) is 4.79 Å². The number of pyridine rings is 1. The van der Waals surface area contributed by atoms with Crippen LogP contribution in [0.25, 0.3) is 0 Å². The molecule has 5 heteroatoms. The van der Waals surface area contributed by atoms with Crippen LogP contribution in [0.2, 0.25) is 0 Å². The van der Waals surface area contributed by atoms with Gasteiger partial charge in [0.2, 0.25) is 0 Å². The van der Waals surface area contributed by atoms with E-state index in [0.29, 0.717) is 11.3 Å². The fourth-order valence-corrected chi connectivity index (χ4v) is 1.75. The number of aryl methyl sites for hydroxylation is 2. The van der Waals surface area contributed by atoms with Crippen LogP contribution in [-0.2, 0) is 0 Å². The van der Waals surface area contributed by atoms with E-state index in [-0.39, 0.29) is 5.91 Å². The summed E-state index contributed by atoms with van der Waals surface area (Å²) in [6.45, 7) is 5.56. The standard InChI is InChI=1S/C14H15N3O2/c1-9-8-13(11(3)19-9)10(2)16-17-14(18)12-4-6-15-7-5-12/h4-8H,1-3H3,(H,17,18)/b16-10-. The van der Waals surface area contributed by atoms with Crippen LogP contribution in [-0.4, -0.2) is 16.6 Å². The van der Waals surface area contributed by atoms with Crippen molar-refractivity contribution in [2.24, 2.45) is 5.10 Å². The number of carbonyl (C=O) groups excluding carboxylic acids is 1. The first-order valence-corrected chi connectivity index (χ1v) is 5.90. The van der Waals surface area contributed by atoms with E-state index in [4.69, 9.17) is 4.42 Å². The fraction of sp³-hybridized carbons (Fsp3) is 0.214. The molecule has 1 amide bonds. The molecule has 5 nitrogen and oxygen atoms in total. The maximum atomic E-state index is 11.8. The van der Waals surface area contributed by atoms with Crippen LogP contribution < -0.4 is 5.43 Å². The summed E-state index contributed by atoms with van der Waals surface area (Å²) in [5, 5.41) is 4.08. The maximum Gasteiger partial charge on any atom is 0.271 e. The Morgan fingerprint density at radius 1 is 1.32 bits per heavy atom. The summed E-state index contributed by atoms with van der Waals surface area (Å²) in [5.41, 5.74) is 4.63. The Bertz CT molecular complexity index is 615. The van der Waals surface area contributed by atoms with E-state index in [1.165, 1.54) is 0 Å². The van der Waals surface area contributed by atoms with Gasteiger partial charge in [-0.1, -0.05) is 0 Å². The van der Waals surface area contributed by atoms with E-state index in [0.717, 1.165) is 17.1 Å². The zero-order chi connectivity index (χ0) is 13.8. The zero-order valence-corrected chi connectivity index (χ0v) is 11.1. The molecule has 0 atom stereocenters. The van der Waals surface area contributed by atoms with Gasteiger partial charge in [0, 0.05) is 23.5 Å². The van der Waals surface area contributed by atoms with E-state index in [1.54, 1.807) is 24.5 Å². The third-order valence-corrected chi connectivity index (χ3v) is 2.70. The molecule has 0 unspecified atom stereocenters. The number of nitrogens with one attached hydrogen (secondary N) is 1. The average Bonchev–Trinajstić information content (AvgIpc) is 2.75. The highest BCUT2D eigenvalue weighted by Gasteiger charge is 2.09. The summed E-state index contributed by atoms with van der Waals surface area (Å²) in [4.78, 5) is 15.7. The van der Waals surface area contributed by atoms with Gasteiger partial charge in [-0.2, -0.15) is 5.10 Å². The maximum absolute atomic E-state index is 11.8. The summed E-state index contributed by atoms with van der Waals surface area (Å²) < 4.78 is 5.43. The normalized spacial score (nSPS) is 11.4. The predicted octanol–water partition coefficient (Wildman–Crippen LogP) is 2.45. The summed E-state index contributed by atoms with van der Waals surface area (Å²) in [7, 11) is 0. The first kappa shape index (κ1) is 13.0. The van der Waals surface area contributed by atoms with Crippen molar-refractivity contribution in [2.75, 3.05) is 0 Å². The zero-order valence-electron chi connectivity index (χ0n) is 11.1. The smallest absolute Gasteiger partial charge is 0.271 e. The Morgan fingerprint density at radius 2 is 2.00 bits per heavy atom. The molecule has 2 aromatic rings. The summed E-state index contributed by atoms with van der Waals surface area (Å²) in [6, 6.07) is 5.16. The molecular weight excluding hydrogens is 242 g/mol. The van der Waals surface area contributed by atoms with Gasteiger partial charge in [0.15, 0.2) is 0 Å². The Morgan fingerprint density at radius 3 is 2.58 bits per heavy atom. The van der Waals surface area contributed by atoms with Crippen molar-refractivity contribution in [1.29, 1.82) is 0 Å². The number of rotatable bonds is 3. The second-order valence-electron chi connectivity index (χ2n) is 4.20. The first-order valence-electron chi connectivity index (χ1n) is 5.90. The molecular formula is C14H15N3O2. The number of hydrogen-bond donors (Lipinski definition) is 1. The SMILES string of the molecule is C/C(=N/NC(=O)c1ccncc1)c1cc(C)oc1C. The molecule has 0 aliphatic heterocycles. The lowest BCUT2D eigenvalue weighted by Gasteiger charge is -2.01. The highest BCUT2D eigenvalue weighted by molar-refractivity contribution is 6.01. The molecule has 19 heavy (non-hydrogen) atoms. The molecule has 0 aromatic carbocycles. The van der Waals surface area contributed by atoms with Crippen molar-refractivity contribution in [3.8, 4) is 0 Å². The molecule has 2 heterocycles. The minimum atomic E-state index is -0.264. The molecule has 1 N–H and O–H groups in total. The largest absolute Gasteiger partial charge is 0.466 e. The summed E-state index contributed by atoms with van der Waals surface area (Å²) in [5.74, 6) is 1.35. The number of furan rings is 1. The number of hydrazone groups is 1. The Kier molecular flexibility index (Phi) is 3.75. The van der Waals surface area contributed by atoms with Gasteiger partial charge >= 0.3 is 0 Å². The van der Waals surface area contributed by atoms with E-state index in [1.807, 2.05) is 26.8 Å². The Balaban J connectivity index is 2.11. The van der Waals surface area contributed by atoms with E-state index in [2.05, 4.69) is 15.5 Å². The van der Waals surface area contributed by atoms with Gasteiger partial charge in [0.05, 0.1) is 5.71 Å². The molecule has 0 spiro atoms. The van der Waals surface area contributed by atoms with Gasteiger partial charge in [0.25, 0.3) is 5.91 Å². The van der Waals surface area contributed by atoms with Crippen molar-refractivity contribution in [2.45, 2.75) is 20.8 Å². The van der Waals surface area contributed by atoms with Gasteiger partial charge in [0.1, 0.15) is 11.5 Å². The topological polar surface area (TPSA) is 67.5 Å². The minimum Gasteiger partial charge on any atom is -0.466 e. The molecule has 0 aliphatic rings. The fourth-order valence-electron chi connectivity index (χ4n) is 1.75. The van der Waals surface area contributed by atoms with Crippen molar-refractivity contribution in [3.05, 3.63) is 53.2 Å². The molecule has 98 valence electrons. The number of carbonyl (C=O) groups is 1. The van der Waals surface area contributed by atoms with Gasteiger partial charge < -0.3 is 4.42 Å². The van der Waals surface area contributed by atoms with Gasteiger partial charge in [-0.25, -0.2) is 5.43 Å². The van der Waals surface area contributed by atoms with Crippen LogP contribution in [0.3, 0.4) is 0 Å². The quantitative estimate of drug-likeness (QED) is 0.678. The Labute approximate surface area is 111 Å². The van der Waals surface area contributed by atoms with Crippen molar-refractivity contribution in [1.82, 2.24) is 10.4 Å². The van der Waals surface area contributed by atoms with E-state index >= 15 is 0 Å². The van der Waals surface area contributed by atoms with Gasteiger partial charge in [-0.3, -0.25) is 9.78 Å². The lowest BCUT2D eigenvalue weighted by Crippen LogP contribution is -2.19. The monoisotopic (exact) mass is 257 g/mol.